The van der Waals surface area contributed by atoms with Gasteiger partial charge in [0.25, 0.3) is 11.7 Å². The monoisotopic (exact) mass is 451 g/mol. The Balaban J connectivity index is 1.95. The number of Topliss-reactive ketones (excluding diaryl/α,β-unsaturated/α-hetero) is 1. The van der Waals surface area contributed by atoms with E-state index in [1.54, 1.807) is 18.2 Å². The molecule has 0 aliphatic carbocycles. The predicted octanol–water partition coefficient (Wildman–Crippen LogP) is 5.42. The fourth-order valence-electron chi connectivity index (χ4n) is 3.82. The Labute approximate surface area is 189 Å². The number of methoxy groups -OCH3 is 1. The van der Waals surface area contributed by atoms with Gasteiger partial charge in [0.05, 0.1) is 23.7 Å². The van der Waals surface area contributed by atoms with Crippen molar-refractivity contribution in [2.75, 3.05) is 12.0 Å². The lowest BCUT2D eigenvalue weighted by atomic mass is 9.94. The molecule has 1 heterocycles. The zero-order valence-corrected chi connectivity index (χ0v) is 18.1. The summed E-state index contributed by atoms with van der Waals surface area (Å²) in [5.74, 6) is -2.08. The topological polar surface area (TPSA) is 66.8 Å². The lowest BCUT2D eigenvalue weighted by molar-refractivity contribution is -0.132. The van der Waals surface area contributed by atoms with Crippen LogP contribution in [0.2, 0.25) is 5.02 Å². The molecule has 32 heavy (non-hydrogen) atoms. The third kappa shape index (κ3) is 3.74. The molecule has 0 aromatic heterocycles. The molecule has 1 aliphatic rings. The van der Waals surface area contributed by atoms with Crippen LogP contribution in [0.3, 0.4) is 0 Å². The predicted molar refractivity (Wildman–Crippen MR) is 120 cm³/mol. The van der Waals surface area contributed by atoms with Gasteiger partial charge in [-0.15, -0.1) is 0 Å². The van der Waals surface area contributed by atoms with Gasteiger partial charge in [0.15, 0.2) is 0 Å². The van der Waals surface area contributed by atoms with E-state index < -0.39 is 23.5 Å². The molecule has 0 spiro atoms. The molecule has 3 aromatic rings. The molecule has 1 saturated heterocycles. The van der Waals surface area contributed by atoms with Crippen molar-refractivity contribution in [1.29, 1.82) is 0 Å². The van der Waals surface area contributed by atoms with Crippen LogP contribution in [-0.4, -0.2) is 23.9 Å². The number of ketones is 1. The van der Waals surface area contributed by atoms with Crippen molar-refractivity contribution >= 4 is 34.7 Å². The van der Waals surface area contributed by atoms with Gasteiger partial charge >= 0.3 is 0 Å². The van der Waals surface area contributed by atoms with Crippen LogP contribution in [-0.2, 0) is 9.59 Å². The lowest BCUT2D eigenvalue weighted by Crippen LogP contribution is -2.29. The Morgan fingerprint density at radius 1 is 1.06 bits per heavy atom. The number of hydrogen-bond acceptors (Lipinski definition) is 4. The number of aliphatic hydroxyl groups is 1. The molecular formula is C25H19ClFNO4. The summed E-state index contributed by atoms with van der Waals surface area (Å²) in [5, 5.41) is 11.3. The standard InChI is InChI=1S/C25H19ClFNO4/c1-14-4-3-5-16(12-14)22-21(23(29)15-6-8-17(27)9-7-15)24(30)25(31)28(22)18-10-11-20(32-2)19(26)13-18/h3-13,22,29H,1-2H3/b23-21+. The highest BCUT2D eigenvalue weighted by molar-refractivity contribution is 6.51. The van der Waals surface area contributed by atoms with E-state index in [0.717, 1.165) is 5.56 Å². The molecular weight excluding hydrogens is 433 g/mol. The number of halogens is 2. The summed E-state index contributed by atoms with van der Waals surface area (Å²) >= 11 is 6.28. The van der Waals surface area contributed by atoms with E-state index in [1.165, 1.54) is 42.3 Å². The third-order valence-corrected chi connectivity index (χ3v) is 5.63. The number of anilines is 1. The molecule has 0 radical (unpaired) electrons. The molecule has 3 aromatic carbocycles. The van der Waals surface area contributed by atoms with Crippen molar-refractivity contribution in [3.8, 4) is 5.75 Å². The number of carbonyl (C=O) groups excluding carboxylic acids is 2. The molecule has 7 heteroatoms. The Bertz CT molecular complexity index is 1250. The molecule has 5 nitrogen and oxygen atoms in total. The number of aliphatic hydroxyl groups excluding tert-OH is 1. The maximum absolute atomic E-state index is 13.4. The molecule has 1 fully saturated rings. The summed E-state index contributed by atoms with van der Waals surface area (Å²) < 4.78 is 18.6. The highest BCUT2D eigenvalue weighted by Crippen LogP contribution is 2.43. The minimum absolute atomic E-state index is 0.0841. The van der Waals surface area contributed by atoms with E-state index in [2.05, 4.69) is 0 Å². The second-order valence-electron chi connectivity index (χ2n) is 7.41. The molecule has 162 valence electrons. The fraction of sp³-hybridized carbons (Fsp3) is 0.120. The number of rotatable bonds is 4. The van der Waals surface area contributed by atoms with Gasteiger partial charge in [0.1, 0.15) is 17.3 Å². The smallest absolute Gasteiger partial charge is 0.300 e. The van der Waals surface area contributed by atoms with Gasteiger partial charge in [-0.1, -0.05) is 41.4 Å². The summed E-state index contributed by atoms with van der Waals surface area (Å²) in [4.78, 5) is 27.5. The first-order valence-electron chi connectivity index (χ1n) is 9.79. The van der Waals surface area contributed by atoms with E-state index in [9.17, 15) is 19.1 Å². The summed E-state index contributed by atoms with van der Waals surface area (Å²) in [6.45, 7) is 1.89. The summed E-state index contributed by atoms with van der Waals surface area (Å²) in [5.41, 5.74) is 2.08. The quantitative estimate of drug-likeness (QED) is 0.326. The van der Waals surface area contributed by atoms with Crippen LogP contribution in [0.15, 0.2) is 72.3 Å². The number of ether oxygens (including phenoxy) is 1. The molecule has 1 N–H and O–H groups in total. The van der Waals surface area contributed by atoms with Gasteiger partial charge in [0.2, 0.25) is 0 Å². The van der Waals surface area contributed by atoms with Crippen molar-refractivity contribution in [1.82, 2.24) is 0 Å². The third-order valence-electron chi connectivity index (χ3n) is 5.33. The SMILES string of the molecule is COc1ccc(N2C(=O)C(=O)/C(=C(/O)c3ccc(F)cc3)C2c2cccc(C)c2)cc1Cl. The van der Waals surface area contributed by atoms with Crippen molar-refractivity contribution in [3.05, 3.63) is 99.8 Å². The largest absolute Gasteiger partial charge is 0.507 e. The number of benzene rings is 3. The van der Waals surface area contributed by atoms with Crippen LogP contribution in [0.25, 0.3) is 5.76 Å². The minimum Gasteiger partial charge on any atom is -0.507 e. The van der Waals surface area contributed by atoms with Crippen molar-refractivity contribution < 1.29 is 23.8 Å². The molecule has 0 saturated carbocycles. The van der Waals surface area contributed by atoms with Crippen LogP contribution in [0.4, 0.5) is 10.1 Å². The van der Waals surface area contributed by atoms with Gasteiger partial charge < -0.3 is 9.84 Å². The minimum atomic E-state index is -0.899. The first-order chi connectivity index (χ1) is 15.3. The molecule has 0 bridgehead atoms. The molecule has 1 aliphatic heterocycles. The highest BCUT2D eigenvalue weighted by atomic mass is 35.5. The first kappa shape index (κ1) is 21.6. The molecule has 4 rings (SSSR count). The Morgan fingerprint density at radius 2 is 1.78 bits per heavy atom. The van der Waals surface area contributed by atoms with E-state index in [-0.39, 0.29) is 21.9 Å². The zero-order chi connectivity index (χ0) is 23.0. The average molecular weight is 452 g/mol. The van der Waals surface area contributed by atoms with E-state index in [1.807, 2.05) is 25.1 Å². The number of aryl methyl sites for hydroxylation is 1. The highest BCUT2D eigenvalue weighted by Gasteiger charge is 2.47. The van der Waals surface area contributed by atoms with E-state index in [0.29, 0.717) is 17.0 Å². The van der Waals surface area contributed by atoms with Gasteiger partial charge in [-0.05, 0) is 55.0 Å². The van der Waals surface area contributed by atoms with Gasteiger partial charge in [-0.3, -0.25) is 14.5 Å². The normalized spacial score (nSPS) is 17.6. The number of nitrogens with zero attached hydrogens (tertiary/aromatic N) is 1. The Hall–Kier alpha value is -3.64. The van der Waals surface area contributed by atoms with Crippen molar-refractivity contribution in [3.63, 3.8) is 0 Å². The lowest BCUT2D eigenvalue weighted by Gasteiger charge is -2.26. The van der Waals surface area contributed by atoms with Crippen LogP contribution in [0, 0.1) is 12.7 Å². The Morgan fingerprint density at radius 3 is 2.41 bits per heavy atom. The van der Waals surface area contributed by atoms with Crippen LogP contribution < -0.4 is 9.64 Å². The molecule has 1 unspecified atom stereocenters. The number of hydrogen-bond donors (Lipinski definition) is 1. The maximum atomic E-state index is 13.4. The van der Waals surface area contributed by atoms with Gasteiger partial charge in [-0.2, -0.15) is 0 Å². The summed E-state index contributed by atoms with van der Waals surface area (Å²) in [6, 6.07) is 16.2. The van der Waals surface area contributed by atoms with Gasteiger partial charge in [-0.25, -0.2) is 4.39 Å². The van der Waals surface area contributed by atoms with Crippen molar-refractivity contribution in [2.45, 2.75) is 13.0 Å². The molecule has 1 atom stereocenters. The fourth-order valence-corrected chi connectivity index (χ4v) is 4.07. The van der Waals surface area contributed by atoms with E-state index in [4.69, 9.17) is 16.3 Å². The first-order valence-corrected chi connectivity index (χ1v) is 10.2. The molecule has 1 amide bonds. The second kappa shape index (κ2) is 8.48. The van der Waals surface area contributed by atoms with E-state index >= 15 is 0 Å². The zero-order valence-electron chi connectivity index (χ0n) is 17.3. The van der Waals surface area contributed by atoms with Gasteiger partial charge in [0, 0.05) is 11.3 Å². The maximum Gasteiger partial charge on any atom is 0.300 e. The summed E-state index contributed by atoms with van der Waals surface area (Å²) in [7, 11) is 1.47. The Kier molecular flexibility index (Phi) is 5.72. The van der Waals surface area contributed by atoms with Crippen molar-refractivity contribution in [2.24, 2.45) is 0 Å². The van der Waals surface area contributed by atoms with Crippen LogP contribution in [0.5, 0.6) is 5.75 Å². The summed E-state index contributed by atoms with van der Waals surface area (Å²) in [6.07, 6.45) is 0. The second-order valence-corrected chi connectivity index (χ2v) is 7.82. The average Bonchev–Trinajstić information content (AvgIpc) is 3.04. The van der Waals surface area contributed by atoms with Crippen LogP contribution in [0.1, 0.15) is 22.7 Å². The van der Waals surface area contributed by atoms with Crippen LogP contribution >= 0.6 is 11.6 Å². The number of amides is 1. The number of carbonyl (C=O) groups is 2.